The topological polar surface area (TPSA) is 29.5 Å². The molecule has 1 saturated heterocycles. The normalized spacial score (nSPS) is 16.2. The van der Waals surface area contributed by atoms with Gasteiger partial charge in [-0.25, -0.2) is 8.78 Å². The fraction of sp³-hybridized carbons (Fsp3) is 0.533. The Morgan fingerprint density at radius 3 is 2.62 bits per heavy atom. The van der Waals surface area contributed by atoms with E-state index in [-0.39, 0.29) is 18.4 Å². The van der Waals surface area contributed by atoms with Crippen LogP contribution in [0, 0.1) is 11.6 Å². The number of benzene rings is 1. The summed E-state index contributed by atoms with van der Waals surface area (Å²) in [5, 5.41) is 0. The predicted molar refractivity (Wildman–Crippen MR) is 76.3 cm³/mol. The summed E-state index contributed by atoms with van der Waals surface area (Å²) in [6.45, 7) is 1.76. The Morgan fingerprint density at radius 1 is 1.29 bits per heavy atom. The molecule has 0 N–H and O–H groups in total. The Labute approximate surface area is 127 Å². The van der Waals surface area contributed by atoms with E-state index in [2.05, 4.69) is 0 Å². The van der Waals surface area contributed by atoms with Gasteiger partial charge in [-0.2, -0.15) is 0 Å². The van der Waals surface area contributed by atoms with E-state index >= 15 is 0 Å². The fourth-order valence-electron chi connectivity index (χ4n) is 2.42. The van der Waals surface area contributed by atoms with Gasteiger partial charge in [0.2, 0.25) is 5.91 Å². The third-order valence-corrected chi connectivity index (χ3v) is 3.72. The lowest BCUT2D eigenvalue weighted by Gasteiger charge is -2.32. The monoisotopic (exact) mass is 317 g/mol. The van der Waals surface area contributed by atoms with Crippen molar-refractivity contribution in [3.05, 3.63) is 35.4 Å². The summed E-state index contributed by atoms with van der Waals surface area (Å²) in [4.78, 5) is 13.9. The van der Waals surface area contributed by atoms with Gasteiger partial charge in [0.05, 0.1) is 19.1 Å². The van der Waals surface area contributed by atoms with Crippen molar-refractivity contribution in [2.45, 2.75) is 25.4 Å². The van der Waals surface area contributed by atoms with Gasteiger partial charge < -0.3 is 9.64 Å². The van der Waals surface area contributed by atoms with Crippen LogP contribution in [0.3, 0.4) is 0 Å². The molecular weight excluding hydrogens is 300 g/mol. The van der Waals surface area contributed by atoms with Crippen LogP contribution in [0.2, 0.25) is 0 Å². The lowest BCUT2D eigenvalue weighted by Crippen LogP contribution is -2.41. The summed E-state index contributed by atoms with van der Waals surface area (Å²) in [7, 11) is 0. The Bertz CT molecular complexity index is 491. The van der Waals surface area contributed by atoms with E-state index in [1.54, 1.807) is 4.90 Å². The second-order valence-electron chi connectivity index (χ2n) is 5.07. The second-order valence-corrected chi connectivity index (χ2v) is 5.44. The number of ether oxygens (including phenoxy) is 1. The van der Waals surface area contributed by atoms with Crippen LogP contribution in [0.1, 0.15) is 18.4 Å². The molecule has 1 fully saturated rings. The highest BCUT2D eigenvalue weighted by molar-refractivity contribution is 6.17. The third kappa shape index (κ3) is 4.64. The Balaban J connectivity index is 1.83. The molecule has 3 nitrogen and oxygen atoms in total. The van der Waals surface area contributed by atoms with E-state index in [1.807, 2.05) is 0 Å². The molecule has 116 valence electrons. The molecule has 0 unspecified atom stereocenters. The number of rotatable bonds is 5. The Morgan fingerprint density at radius 2 is 2.00 bits per heavy atom. The quantitative estimate of drug-likeness (QED) is 0.782. The minimum atomic E-state index is -0.923. The molecule has 0 aromatic heterocycles. The lowest BCUT2D eigenvalue weighted by molar-refractivity contribution is -0.133. The Hall–Kier alpha value is -1.20. The Kier molecular flexibility index (Phi) is 5.94. The van der Waals surface area contributed by atoms with Crippen molar-refractivity contribution in [1.82, 2.24) is 4.90 Å². The number of nitrogens with zero attached hydrogens (tertiary/aromatic N) is 1. The molecule has 2 rings (SSSR count). The smallest absolute Gasteiger partial charge is 0.226 e. The minimum Gasteiger partial charge on any atom is -0.377 e. The van der Waals surface area contributed by atoms with Crippen LogP contribution in [-0.4, -0.2) is 42.5 Å². The van der Waals surface area contributed by atoms with Crippen LogP contribution in [0.15, 0.2) is 18.2 Å². The molecule has 6 heteroatoms. The number of alkyl halides is 1. The molecule has 21 heavy (non-hydrogen) atoms. The number of halogens is 3. The number of amides is 1. The van der Waals surface area contributed by atoms with Gasteiger partial charge in [0, 0.05) is 19.0 Å². The van der Waals surface area contributed by atoms with Crippen LogP contribution in [0.25, 0.3) is 0 Å². The number of likely N-dealkylation sites (tertiary alicyclic amines) is 1. The van der Waals surface area contributed by atoms with E-state index in [1.165, 1.54) is 6.07 Å². The summed E-state index contributed by atoms with van der Waals surface area (Å²) in [6, 6.07) is 3.56. The highest BCUT2D eigenvalue weighted by Gasteiger charge is 2.23. The molecule has 0 saturated carbocycles. The van der Waals surface area contributed by atoms with E-state index in [4.69, 9.17) is 16.3 Å². The van der Waals surface area contributed by atoms with Crippen LogP contribution < -0.4 is 0 Å². The summed E-state index contributed by atoms with van der Waals surface area (Å²) in [5.74, 6) is -1.43. The van der Waals surface area contributed by atoms with Gasteiger partial charge in [0.15, 0.2) is 11.6 Å². The number of carbonyl (C=O) groups is 1. The van der Waals surface area contributed by atoms with Gasteiger partial charge in [0.25, 0.3) is 0 Å². The highest BCUT2D eigenvalue weighted by Crippen LogP contribution is 2.16. The number of hydrogen-bond acceptors (Lipinski definition) is 2. The first-order valence-electron chi connectivity index (χ1n) is 6.99. The molecule has 0 atom stereocenters. The first kappa shape index (κ1) is 16.2. The van der Waals surface area contributed by atoms with Crippen molar-refractivity contribution in [3.63, 3.8) is 0 Å². The maximum atomic E-state index is 13.1. The number of hydrogen-bond donors (Lipinski definition) is 0. The zero-order valence-corrected chi connectivity index (χ0v) is 12.4. The minimum absolute atomic E-state index is 0.0724. The summed E-state index contributed by atoms with van der Waals surface area (Å²) in [5.41, 5.74) is 0.486. The van der Waals surface area contributed by atoms with Crippen LogP contribution in [0.5, 0.6) is 0 Å². The van der Waals surface area contributed by atoms with Gasteiger partial charge in [-0.1, -0.05) is 6.07 Å². The van der Waals surface area contributed by atoms with Gasteiger partial charge in [-0.15, -0.1) is 11.6 Å². The standard InChI is InChI=1S/C15H18ClF2NO2/c16-5-8-21-12-3-6-19(7-4-12)15(20)10-11-1-2-13(17)14(18)9-11/h1-2,9,12H,3-8,10H2. The third-order valence-electron chi connectivity index (χ3n) is 3.56. The molecule has 1 aliphatic rings. The van der Waals surface area contributed by atoms with Gasteiger partial charge in [0.1, 0.15) is 0 Å². The molecule has 0 aliphatic carbocycles. The van der Waals surface area contributed by atoms with Gasteiger partial charge >= 0.3 is 0 Å². The average molecular weight is 318 g/mol. The van der Waals surface area contributed by atoms with E-state index < -0.39 is 11.6 Å². The largest absolute Gasteiger partial charge is 0.377 e. The molecule has 1 aliphatic heterocycles. The zero-order valence-electron chi connectivity index (χ0n) is 11.7. The molecule has 0 spiro atoms. The van der Waals surface area contributed by atoms with Crippen molar-refractivity contribution in [3.8, 4) is 0 Å². The molecule has 0 bridgehead atoms. The number of piperidine rings is 1. The molecular formula is C15H18ClF2NO2. The first-order valence-corrected chi connectivity index (χ1v) is 7.53. The maximum absolute atomic E-state index is 13.1. The van der Waals surface area contributed by atoms with Crippen molar-refractivity contribution < 1.29 is 18.3 Å². The molecule has 1 aromatic carbocycles. The van der Waals surface area contributed by atoms with Crippen molar-refractivity contribution in [1.29, 1.82) is 0 Å². The first-order chi connectivity index (χ1) is 10.1. The predicted octanol–water partition coefficient (Wildman–Crippen LogP) is 2.75. The van der Waals surface area contributed by atoms with Crippen LogP contribution in [0.4, 0.5) is 8.78 Å². The summed E-state index contributed by atoms with van der Waals surface area (Å²) in [6.07, 6.45) is 1.79. The van der Waals surface area contributed by atoms with Crippen LogP contribution in [-0.2, 0) is 16.0 Å². The van der Waals surface area contributed by atoms with E-state index in [0.717, 1.165) is 25.0 Å². The van der Waals surface area contributed by atoms with Gasteiger partial charge in [-0.3, -0.25) is 4.79 Å². The number of carbonyl (C=O) groups excluding carboxylic acids is 1. The summed E-state index contributed by atoms with van der Waals surface area (Å²) >= 11 is 5.57. The van der Waals surface area contributed by atoms with Gasteiger partial charge in [-0.05, 0) is 30.5 Å². The molecule has 1 amide bonds. The lowest BCUT2D eigenvalue weighted by atomic mass is 10.1. The van der Waals surface area contributed by atoms with Crippen molar-refractivity contribution >= 4 is 17.5 Å². The molecule has 1 heterocycles. The summed E-state index contributed by atoms with van der Waals surface area (Å²) < 4.78 is 31.5. The molecule has 1 aromatic rings. The zero-order chi connectivity index (χ0) is 15.2. The SMILES string of the molecule is O=C(Cc1ccc(F)c(F)c1)N1CCC(OCCCl)CC1. The molecule has 0 radical (unpaired) electrons. The second kappa shape index (κ2) is 7.71. The van der Waals surface area contributed by atoms with E-state index in [0.29, 0.717) is 31.1 Å². The van der Waals surface area contributed by atoms with Crippen molar-refractivity contribution in [2.75, 3.05) is 25.6 Å². The maximum Gasteiger partial charge on any atom is 0.226 e. The highest BCUT2D eigenvalue weighted by atomic mass is 35.5. The van der Waals surface area contributed by atoms with Crippen LogP contribution >= 0.6 is 11.6 Å². The average Bonchev–Trinajstić information content (AvgIpc) is 2.49. The fourth-order valence-corrected chi connectivity index (χ4v) is 2.51. The van der Waals surface area contributed by atoms with Crippen molar-refractivity contribution in [2.24, 2.45) is 0 Å². The van der Waals surface area contributed by atoms with E-state index in [9.17, 15) is 13.6 Å².